The minimum atomic E-state index is -0.215. The number of hydrogen-bond acceptors (Lipinski definition) is 2. The molecule has 0 aromatic heterocycles. The monoisotopic (exact) mass is 255 g/mol. The van der Waals surface area contributed by atoms with E-state index in [1.165, 1.54) is 6.07 Å². The number of rotatable bonds is 2. The summed E-state index contributed by atoms with van der Waals surface area (Å²) in [5, 5.41) is 9.28. The lowest BCUT2D eigenvalue weighted by molar-refractivity contribution is 0.475. The Morgan fingerprint density at radius 3 is 2.53 bits per heavy atom. The molecule has 96 valence electrons. The van der Waals surface area contributed by atoms with Crippen molar-refractivity contribution in [3.05, 3.63) is 65.5 Å². The van der Waals surface area contributed by atoms with E-state index in [4.69, 9.17) is 0 Å². The largest absolute Gasteiger partial charge is 0.508 e. The van der Waals surface area contributed by atoms with Crippen molar-refractivity contribution in [2.24, 2.45) is 4.99 Å². The van der Waals surface area contributed by atoms with Gasteiger partial charge >= 0.3 is 0 Å². The smallest absolute Gasteiger partial charge is 0.132 e. The number of nitrogens with zero attached hydrogens (tertiary/aromatic N) is 1. The molecule has 2 aromatic rings. The molecule has 1 aliphatic heterocycles. The Balaban J connectivity index is 1.89. The second-order valence-electron chi connectivity index (χ2n) is 4.70. The molecule has 1 unspecified atom stereocenters. The van der Waals surface area contributed by atoms with Crippen molar-refractivity contribution in [1.29, 1.82) is 0 Å². The molecule has 0 saturated heterocycles. The number of phenols is 1. The van der Waals surface area contributed by atoms with E-state index in [-0.39, 0.29) is 17.6 Å². The summed E-state index contributed by atoms with van der Waals surface area (Å²) in [7, 11) is 0. The van der Waals surface area contributed by atoms with Gasteiger partial charge in [0.05, 0.1) is 6.04 Å². The molecule has 1 heterocycles. The normalized spacial score (nSPS) is 18.4. The van der Waals surface area contributed by atoms with Gasteiger partial charge < -0.3 is 5.11 Å². The second kappa shape index (κ2) is 4.84. The lowest BCUT2D eigenvalue weighted by Gasteiger charge is -2.06. The van der Waals surface area contributed by atoms with E-state index in [9.17, 15) is 9.50 Å². The van der Waals surface area contributed by atoms with Crippen LogP contribution in [0.4, 0.5) is 4.39 Å². The van der Waals surface area contributed by atoms with Crippen LogP contribution in [0.2, 0.25) is 0 Å². The Hall–Kier alpha value is -2.16. The summed E-state index contributed by atoms with van der Waals surface area (Å²) in [6, 6.07) is 13.9. The molecule has 0 amide bonds. The third-order valence-corrected chi connectivity index (χ3v) is 3.43. The van der Waals surface area contributed by atoms with Gasteiger partial charge in [-0.1, -0.05) is 30.3 Å². The van der Waals surface area contributed by atoms with Crippen LogP contribution in [0.1, 0.15) is 30.0 Å². The Morgan fingerprint density at radius 2 is 1.79 bits per heavy atom. The van der Waals surface area contributed by atoms with Crippen LogP contribution in [0, 0.1) is 5.82 Å². The van der Waals surface area contributed by atoms with Crippen molar-refractivity contribution in [2.45, 2.75) is 18.9 Å². The molecule has 2 nitrogen and oxygen atoms in total. The number of hydrogen-bond donors (Lipinski definition) is 1. The maximum Gasteiger partial charge on any atom is 0.132 e. The van der Waals surface area contributed by atoms with Crippen LogP contribution in [0.5, 0.6) is 5.75 Å². The Morgan fingerprint density at radius 1 is 1.05 bits per heavy atom. The zero-order valence-corrected chi connectivity index (χ0v) is 10.4. The first-order valence-electron chi connectivity index (χ1n) is 6.34. The molecule has 3 rings (SSSR count). The number of halogens is 1. The van der Waals surface area contributed by atoms with E-state index in [0.717, 1.165) is 24.1 Å². The number of aliphatic imine (C=N–C) groups is 1. The fourth-order valence-electron chi connectivity index (χ4n) is 2.43. The molecular weight excluding hydrogens is 241 g/mol. The van der Waals surface area contributed by atoms with E-state index in [0.29, 0.717) is 5.56 Å². The lowest BCUT2D eigenvalue weighted by atomic mass is 10.0. The van der Waals surface area contributed by atoms with Crippen molar-refractivity contribution >= 4 is 5.71 Å². The van der Waals surface area contributed by atoms with E-state index < -0.39 is 0 Å². The Bertz CT molecular complexity index is 619. The summed E-state index contributed by atoms with van der Waals surface area (Å²) < 4.78 is 13.7. The molecule has 0 bridgehead atoms. The average Bonchev–Trinajstić information content (AvgIpc) is 2.89. The highest BCUT2D eigenvalue weighted by molar-refractivity contribution is 6.02. The molecule has 0 spiro atoms. The highest BCUT2D eigenvalue weighted by Gasteiger charge is 2.21. The van der Waals surface area contributed by atoms with Gasteiger partial charge in [-0.3, -0.25) is 4.99 Å². The topological polar surface area (TPSA) is 32.6 Å². The quantitative estimate of drug-likeness (QED) is 0.868. The third-order valence-electron chi connectivity index (χ3n) is 3.43. The van der Waals surface area contributed by atoms with Crippen LogP contribution in [-0.2, 0) is 0 Å². The van der Waals surface area contributed by atoms with Crippen LogP contribution in [-0.4, -0.2) is 10.8 Å². The van der Waals surface area contributed by atoms with E-state index in [1.54, 1.807) is 24.3 Å². The number of benzene rings is 2. The molecule has 0 fully saturated rings. The Kier molecular flexibility index (Phi) is 3.03. The number of aromatic hydroxyl groups is 1. The van der Waals surface area contributed by atoms with Gasteiger partial charge in [0.1, 0.15) is 11.6 Å². The average molecular weight is 255 g/mol. The van der Waals surface area contributed by atoms with Crippen LogP contribution >= 0.6 is 0 Å². The van der Waals surface area contributed by atoms with Crippen molar-refractivity contribution in [3.8, 4) is 5.75 Å². The summed E-state index contributed by atoms with van der Waals surface area (Å²) in [5.74, 6) is 0.0349. The van der Waals surface area contributed by atoms with E-state index >= 15 is 0 Å². The molecule has 1 aliphatic rings. The van der Waals surface area contributed by atoms with Crippen LogP contribution in [0.15, 0.2) is 53.5 Å². The summed E-state index contributed by atoms with van der Waals surface area (Å²) in [6.07, 6.45) is 1.67. The minimum Gasteiger partial charge on any atom is -0.508 e. The minimum absolute atomic E-state index is 0.0650. The predicted octanol–water partition coefficient (Wildman–Crippen LogP) is 3.86. The highest BCUT2D eigenvalue weighted by Crippen LogP contribution is 2.32. The van der Waals surface area contributed by atoms with Crippen molar-refractivity contribution in [2.75, 3.05) is 0 Å². The lowest BCUT2D eigenvalue weighted by Crippen LogP contribution is -1.99. The zero-order chi connectivity index (χ0) is 13.2. The van der Waals surface area contributed by atoms with Crippen molar-refractivity contribution < 1.29 is 9.50 Å². The van der Waals surface area contributed by atoms with Gasteiger partial charge in [0.15, 0.2) is 0 Å². The van der Waals surface area contributed by atoms with Crippen molar-refractivity contribution in [3.63, 3.8) is 0 Å². The summed E-state index contributed by atoms with van der Waals surface area (Å²) >= 11 is 0. The molecule has 2 aromatic carbocycles. The van der Waals surface area contributed by atoms with Gasteiger partial charge in [0.2, 0.25) is 0 Å². The molecule has 0 radical (unpaired) electrons. The fourth-order valence-corrected chi connectivity index (χ4v) is 2.43. The summed E-state index contributed by atoms with van der Waals surface area (Å²) in [5.41, 5.74) is 2.49. The second-order valence-corrected chi connectivity index (χ2v) is 4.70. The highest BCUT2D eigenvalue weighted by atomic mass is 19.1. The van der Waals surface area contributed by atoms with E-state index in [2.05, 4.69) is 4.99 Å². The molecule has 0 saturated carbocycles. The van der Waals surface area contributed by atoms with Crippen LogP contribution in [0.3, 0.4) is 0 Å². The zero-order valence-electron chi connectivity index (χ0n) is 10.4. The van der Waals surface area contributed by atoms with Crippen LogP contribution < -0.4 is 0 Å². The Labute approximate surface area is 111 Å². The van der Waals surface area contributed by atoms with Gasteiger partial charge in [-0.05, 0) is 36.6 Å². The molecule has 3 heteroatoms. The van der Waals surface area contributed by atoms with Gasteiger partial charge in [0, 0.05) is 11.3 Å². The standard InChI is InChI=1S/C16H14FNO/c17-14-4-2-1-3-13(14)16-10-9-15(18-16)11-5-7-12(19)8-6-11/h1-8,15,19H,9-10H2. The first kappa shape index (κ1) is 11.9. The molecule has 1 N–H and O–H groups in total. The summed E-state index contributed by atoms with van der Waals surface area (Å²) in [4.78, 5) is 4.61. The molecule has 1 atom stereocenters. The van der Waals surface area contributed by atoms with Crippen LogP contribution in [0.25, 0.3) is 0 Å². The third kappa shape index (κ3) is 2.36. The maximum atomic E-state index is 13.7. The molecule has 19 heavy (non-hydrogen) atoms. The van der Waals surface area contributed by atoms with Gasteiger partial charge in [0.25, 0.3) is 0 Å². The van der Waals surface area contributed by atoms with Gasteiger partial charge in [-0.25, -0.2) is 4.39 Å². The maximum absolute atomic E-state index is 13.7. The molecular formula is C16H14FNO. The van der Waals surface area contributed by atoms with E-state index in [1.807, 2.05) is 18.2 Å². The fraction of sp³-hybridized carbons (Fsp3) is 0.188. The number of phenolic OH excluding ortho intramolecular Hbond substituents is 1. The molecule has 0 aliphatic carbocycles. The SMILES string of the molecule is Oc1ccc(C2CCC(c3ccccc3F)=N2)cc1. The summed E-state index contributed by atoms with van der Waals surface area (Å²) in [6.45, 7) is 0. The first-order valence-corrected chi connectivity index (χ1v) is 6.34. The van der Waals surface area contributed by atoms with Gasteiger partial charge in [-0.2, -0.15) is 0 Å². The van der Waals surface area contributed by atoms with Crippen molar-refractivity contribution in [1.82, 2.24) is 0 Å². The predicted molar refractivity (Wildman–Crippen MR) is 73.0 cm³/mol. The first-order chi connectivity index (χ1) is 9.24. The van der Waals surface area contributed by atoms with Gasteiger partial charge in [-0.15, -0.1) is 0 Å².